The van der Waals surface area contributed by atoms with Gasteiger partial charge >= 0.3 is 0 Å². The molecule has 0 fully saturated rings. The van der Waals surface area contributed by atoms with Crippen LogP contribution in [0.15, 0.2) is 48.7 Å². The van der Waals surface area contributed by atoms with Crippen molar-refractivity contribution in [3.63, 3.8) is 0 Å². The molecule has 0 aliphatic rings. The van der Waals surface area contributed by atoms with Gasteiger partial charge in [-0.2, -0.15) is 0 Å². The minimum atomic E-state index is -0.0682. The van der Waals surface area contributed by atoms with E-state index in [1.54, 1.807) is 0 Å². The lowest BCUT2D eigenvalue weighted by Gasteiger charge is -2.08. The van der Waals surface area contributed by atoms with Gasteiger partial charge in [-0.15, -0.1) is 0 Å². The molecule has 0 aliphatic carbocycles. The van der Waals surface area contributed by atoms with Crippen molar-refractivity contribution >= 4 is 5.91 Å². The van der Waals surface area contributed by atoms with Gasteiger partial charge in [0.1, 0.15) is 19.3 Å². The summed E-state index contributed by atoms with van der Waals surface area (Å²) in [6.45, 7) is 3.52. The zero-order chi connectivity index (χ0) is 22.9. The average molecular weight is 567 g/mol. The van der Waals surface area contributed by atoms with E-state index < -0.39 is 0 Å². The first-order valence-corrected chi connectivity index (χ1v) is 12.7. The first-order chi connectivity index (χ1) is 15.7. The first-order valence-electron chi connectivity index (χ1n) is 12.7. The Balaban J connectivity index is 0.00000544. The van der Waals surface area contributed by atoms with Crippen LogP contribution in [0.25, 0.3) is 0 Å². The molecule has 0 unspecified atom stereocenters. The normalized spacial score (nSPS) is 10.5. The zero-order valence-corrected chi connectivity index (χ0v) is 22.8. The molecule has 0 spiro atoms. The van der Waals surface area contributed by atoms with Gasteiger partial charge < -0.3 is 34.0 Å². The molecule has 33 heavy (non-hydrogen) atoms. The number of pyridine rings is 1. The molecule has 0 atom stereocenters. The summed E-state index contributed by atoms with van der Waals surface area (Å²) in [4.78, 5) is 12.4. The number of aromatic nitrogens is 1. The Bertz CT molecular complexity index is 765. The van der Waals surface area contributed by atoms with Crippen LogP contribution in [0.2, 0.25) is 0 Å². The highest BCUT2D eigenvalue weighted by Gasteiger charge is 2.09. The van der Waals surface area contributed by atoms with Crippen LogP contribution >= 0.6 is 0 Å². The Kier molecular flexibility index (Phi) is 16.7. The lowest BCUT2D eigenvalue weighted by atomic mass is 10.1. The zero-order valence-electron chi connectivity index (χ0n) is 20.7. The van der Waals surface area contributed by atoms with Crippen molar-refractivity contribution in [3.05, 3.63) is 59.9 Å². The van der Waals surface area contributed by atoms with Crippen molar-refractivity contribution in [2.24, 2.45) is 7.05 Å². The van der Waals surface area contributed by atoms with Gasteiger partial charge in [-0.05, 0) is 30.7 Å². The standard InChI is InChI=1S/C28H42N2O2.HI/c1-3-4-5-6-7-8-9-10-11-12-13-16-23-32-27-20-18-25(19-21-27)28(31)29-24-26-17-14-15-22-30(26)2;/h14-15,17-22H,3-13,16,23-24H2,1-2H3;1H. The molecular formula is C28H43IN2O2. The molecule has 1 N–H and O–H groups in total. The van der Waals surface area contributed by atoms with E-state index in [1.165, 1.54) is 70.6 Å². The van der Waals surface area contributed by atoms with Crippen LogP contribution in [0.1, 0.15) is 100 Å². The van der Waals surface area contributed by atoms with Gasteiger partial charge in [-0.25, -0.2) is 4.57 Å². The van der Waals surface area contributed by atoms with E-state index in [0.717, 1.165) is 24.5 Å². The van der Waals surface area contributed by atoms with Gasteiger partial charge in [0, 0.05) is 17.7 Å². The van der Waals surface area contributed by atoms with E-state index >= 15 is 0 Å². The van der Waals surface area contributed by atoms with Crippen LogP contribution in [0.5, 0.6) is 5.75 Å². The monoisotopic (exact) mass is 566 g/mol. The van der Waals surface area contributed by atoms with Gasteiger partial charge in [-0.1, -0.05) is 83.6 Å². The highest BCUT2D eigenvalue weighted by Crippen LogP contribution is 2.14. The summed E-state index contributed by atoms with van der Waals surface area (Å²) in [6.07, 6.45) is 18.1. The molecule has 1 aromatic carbocycles. The minimum absolute atomic E-state index is 0. The van der Waals surface area contributed by atoms with E-state index in [-0.39, 0.29) is 29.9 Å². The van der Waals surface area contributed by atoms with Crippen molar-refractivity contribution in [3.8, 4) is 5.75 Å². The number of hydrogen-bond acceptors (Lipinski definition) is 2. The van der Waals surface area contributed by atoms with Crippen molar-refractivity contribution in [1.82, 2.24) is 5.32 Å². The fourth-order valence-electron chi connectivity index (χ4n) is 3.85. The third kappa shape index (κ3) is 13.0. The second kappa shape index (κ2) is 18.8. The second-order valence-corrected chi connectivity index (χ2v) is 8.75. The lowest BCUT2D eigenvalue weighted by Crippen LogP contribution is -3.00. The molecule has 184 valence electrons. The Labute approximate surface area is 218 Å². The molecule has 2 rings (SSSR count). The SMILES string of the molecule is CCCCCCCCCCCCCCOc1ccc(C(=O)NCc2cccc[n+]2C)cc1.[I-]. The molecule has 0 radical (unpaired) electrons. The number of ether oxygens (including phenoxy) is 1. The molecule has 1 aromatic heterocycles. The number of carbonyl (C=O) groups excluding carboxylic acids is 1. The van der Waals surface area contributed by atoms with Gasteiger partial charge in [-0.3, -0.25) is 4.79 Å². The quantitative estimate of drug-likeness (QED) is 0.181. The summed E-state index contributed by atoms with van der Waals surface area (Å²) in [6, 6.07) is 13.4. The molecule has 5 heteroatoms. The van der Waals surface area contributed by atoms with Gasteiger partial charge in [0.15, 0.2) is 11.9 Å². The fourth-order valence-corrected chi connectivity index (χ4v) is 3.85. The number of rotatable bonds is 17. The number of nitrogens with zero attached hydrogens (tertiary/aromatic N) is 1. The van der Waals surface area contributed by atoms with Crippen LogP contribution in [-0.4, -0.2) is 12.5 Å². The molecule has 4 nitrogen and oxygen atoms in total. The molecule has 1 heterocycles. The number of benzene rings is 1. The van der Waals surface area contributed by atoms with Gasteiger partial charge in [0.05, 0.1) is 6.61 Å². The maximum Gasteiger partial charge on any atom is 0.251 e. The molecule has 0 aliphatic heterocycles. The number of carbonyl (C=O) groups is 1. The van der Waals surface area contributed by atoms with E-state index in [9.17, 15) is 4.79 Å². The molecule has 0 saturated heterocycles. The van der Waals surface area contributed by atoms with Crippen molar-refractivity contribution in [1.29, 1.82) is 0 Å². The number of nitrogens with one attached hydrogen (secondary N) is 1. The Morgan fingerprint density at radius 2 is 1.39 bits per heavy atom. The maximum absolute atomic E-state index is 12.4. The van der Waals surface area contributed by atoms with Crippen molar-refractivity contribution in [2.75, 3.05) is 6.61 Å². The fraction of sp³-hybridized carbons (Fsp3) is 0.571. The molecule has 1 amide bonds. The molecule has 0 bridgehead atoms. The topological polar surface area (TPSA) is 42.2 Å². The lowest BCUT2D eigenvalue weighted by molar-refractivity contribution is -0.679. The van der Waals surface area contributed by atoms with E-state index in [4.69, 9.17) is 4.74 Å². The number of halogens is 1. The van der Waals surface area contributed by atoms with Crippen molar-refractivity contribution < 1.29 is 38.1 Å². The van der Waals surface area contributed by atoms with Crippen LogP contribution in [-0.2, 0) is 13.6 Å². The number of aryl methyl sites for hydroxylation is 1. The summed E-state index contributed by atoms with van der Waals surface area (Å²) >= 11 is 0. The highest BCUT2D eigenvalue weighted by molar-refractivity contribution is 5.94. The largest absolute Gasteiger partial charge is 1.00 e. The predicted molar refractivity (Wildman–Crippen MR) is 132 cm³/mol. The third-order valence-corrected chi connectivity index (χ3v) is 5.98. The predicted octanol–water partition coefficient (Wildman–Crippen LogP) is 3.53. The van der Waals surface area contributed by atoms with Crippen LogP contribution in [0, 0.1) is 0 Å². The third-order valence-electron chi connectivity index (χ3n) is 5.98. The summed E-state index contributed by atoms with van der Waals surface area (Å²) in [5.41, 5.74) is 1.71. The summed E-state index contributed by atoms with van der Waals surface area (Å²) in [5.74, 6) is 0.764. The smallest absolute Gasteiger partial charge is 0.251 e. The van der Waals surface area contributed by atoms with Crippen molar-refractivity contribution in [2.45, 2.75) is 90.5 Å². The Morgan fingerprint density at radius 3 is 1.97 bits per heavy atom. The molecular weight excluding hydrogens is 523 g/mol. The van der Waals surface area contributed by atoms with Gasteiger partial charge in [0.25, 0.3) is 5.91 Å². The summed E-state index contributed by atoms with van der Waals surface area (Å²) < 4.78 is 7.85. The first kappa shape index (κ1) is 29.4. The highest BCUT2D eigenvalue weighted by atomic mass is 127. The van der Waals surface area contributed by atoms with Crippen LogP contribution < -0.4 is 38.6 Å². The Morgan fingerprint density at radius 1 is 0.818 bits per heavy atom. The summed E-state index contributed by atoms with van der Waals surface area (Å²) in [5, 5.41) is 2.97. The summed E-state index contributed by atoms with van der Waals surface area (Å²) in [7, 11) is 1.98. The maximum atomic E-state index is 12.4. The number of hydrogen-bond donors (Lipinski definition) is 1. The van der Waals surface area contributed by atoms with E-state index in [2.05, 4.69) is 12.2 Å². The van der Waals surface area contributed by atoms with Gasteiger partial charge in [0.2, 0.25) is 0 Å². The van der Waals surface area contributed by atoms with Crippen LogP contribution in [0.3, 0.4) is 0 Å². The molecule has 2 aromatic rings. The number of unbranched alkanes of at least 4 members (excludes halogenated alkanes) is 11. The second-order valence-electron chi connectivity index (χ2n) is 8.75. The van der Waals surface area contributed by atoms with E-state index in [1.807, 2.05) is 60.3 Å². The Hall–Kier alpha value is -1.63. The van der Waals surface area contributed by atoms with Crippen LogP contribution in [0.4, 0.5) is 0 Å². The molecule has 0 saturated carbocycles. The van der Waals surface area contributed by atoms with E-state index in [0.29, 0.717) is 12.1 Å². The minimum Gasteiger partial charge on any atom is -1.00 e. The number of amides is 1. The average Bonchev–Trinajstić information content (AvgIpc) is 2.82.